The largest absolute Gasteiger partial charge is 0.396 e. The van der Waals surface area contributed by atoms with Gasteiger partial charge in [0, 0.05) is 37.7 Å². The van der Waals surface area contributed by atoms with E-state index in [0.717, 1.165) is 5.56 Å². The molecular formula is C17H23FN2O3. The first kappa shape index (κ1) is 17.4. The van der Waals surface area contributed by atoms with E-state index in [-0.39, 0.29) is 49.2 Å². The molecule has 2 unspecified atom stereocenters. The highest BCUT2D eigenvalue weighted by molar-refractivity contribution is 5.97. The summed E-state index contributed by atoms with van der Waals surface area (Å²) in [6, 6.07) is 4.23. The fourth-order valence-corrected chi connectivity index (χ4v) is 2.61. The van der Waals surface area contributed by atoms with Crippen LogP contribution in [0.2, 0.25) is 0 Å². The van der Waals surface area contributed by atoms with Crippen molar-refractivity contribution in [3.63, 3.8) is 0 Å². The number of carbonyl (C=O) groups is 2. The molecule has 1 aliphatic heterocycles. The van der Waals surface area contributed by atoms with Crippen molar-refractivity contribution >= 4 is 17.5 Å². The normalized spacial score (nSPS) is 16.7. The molecular weight excluding hydrogens is 299 g/mol. The Labute approximate surface area is 135 Å². The number of halogens is 1. The Hall–Kier alpha value is -1.95. The van der Waals surface area contributed by atoms with Crippen LogP contribution in [0.1, 0.15) is 32.3 Å². The van der Waals surface area contributed by atoms with Crippen LogP contribution in [0.4, 0.5) is 10.1 Å². The third kappa shape index (κ3) is 4.28. The van der Waals surface area contributed by atoms with E-state index < -0.39 is 0 Å². The number of amides is 2. The zero-order valence-electron chi connectivity index (χ0n) is 13.5. The molecule has 0 radical (unpaired) electrons. The van der Waals surface area contributed by atoms with E-state index in [1.807, 2.05) is 13.8 Å². The number of nitrogens with zero attached hydrogens (tertiary/aromatic N) is 1. The lowest BCUT2D eigenvalue weighted by molar-refractivity contribution is -0.122. The minimum Gasteiger partial charge on any atom is -0.396 e. The van der Waals surface area contributed by atoms with Gasteiger partial charge in [0.15, 0.2) is 0 Å². The lowest BCUT2D eigenvalue weighted by Gasteiger charge is -2.29. The number of rotatable bonds is 6. The SMILES string of the molecule is CC(CO)C(C)NC(=O)CCN1C(=O)CCc2cc(F)ccc21. The number of aliphatic hydroxyl groups excluding tert-OH is 1. The van der Waals surface area contributed by atoms with Crippen molar-refractivity contribution in [1.82, 2.24) is 5.32 Å². The van der Waals surface area contributed by atoms with Crippen molar-refractivity contribution in [2.75, 3.05) is 18.1 Å². The fraction of sp³-hybridized carbons (Fsp3) is 0.529. The maximum Gasteiger partial charge on any atom is 0.227 e. The Morgan fingerprint density at radius 1 is 1.39 bits per heavy atom. The topological polar surface area (TPSA) is 69.6 Å². The second-order valence-electron chi connectivity index (χ2n) is 6.08. The Bertz CT molecular complexity index is 591. The van der Waals surface area contributed by atoms with Crippen LogP contribution < -0.4 is 10.2 Å². The van der Waals surface area contributed by atoms with Crippen molar-refractivity contribution < 1.29 is 19.1 Å². The Morgan fingerprint density at radius 3 is 2.83 bits per heavy atom. The van der Waals surface area contributed by atoms with E-state index >= 15 is 0 Å². The molecule has 1 aliphatic rings. The van der Waals surface area contributed by atoms with Crippen LogP contribution in [-0.2, 0) is 16.0 Å². The number of nitrogens with one attached hydrogen (secondary N) is 1. The van der Waals surface area contributed by atoms with E-state index in [4.69, 9.17) is 5.11 Å². The fourth-order valence-electron chi connectivity index (χ4n) is 2.61. The van der Waals surface area contributed by atoms with Crippen LogP contribution in [0.15, 0.2) is 18.2 Å². The smallest absolute Gasteiger partial charge is 0.227 e. The van der Waals surface area contributed by atoms with Crippen LogP contribution in [-0.4, -0.2) is 36.1 Å². The molecule has 0 saturated carbocycles. The van der Waals surface area contributed by atoms with E-state index in [9.17, 15) is 14.0 Å². The maximum atomic E-state index is 13.3. The highest BCUT2D eigenvalue weighted by Crippen LogP contribution is 2.28. The average Bonchev–Trinajstić information content (AvgIpc) is 2.53. The number of aliphatic hydroxyl groups is 1. The number of hydrogen-bond acceptors (Lipinski definition) is 3. The first-order chi connectivity index (χ1) is 10.9. The number of benzene rings is 1. The van der Waals surface area contributed by atoms with Crippen molar-refractivity contribution in [3.05, 3.63) is 29.6 Å². The van der Waals surface area contributed by atoms with Crippen LogP contribution in [0.25, 0.3) is 0 Å². The molecule has 1 aromatic rings. The molecule has 2 N–H and O–H groups in total. The van der Waals surface area contributed by atoms with Crippen molar-refractivity contribution in [3.8, 4) is 0 Å². The molecule has 0 spiro atoms. The number of hydrogen-bond donors (Lipinski definition) is 2. The van der Waals surface area contributed by atoms with Gasteiger partial charge in [0.2, 0.25) is 11.8 Å². The van der Waals surface area contributed by atoms with E-state index in [0.29, 0.717) is 18.5 Å². The lowest BCUT2D eigenvalue weighted by Crippen LogP contribution is -2.42. The van der Waals surface area contributed by atoms with Gasteiger partial charge in [0.1, 0.15) is 5.82 Å². The summed E-state index contributed by atoms with van der Waals surface area (Å²) in [5.41, 5.74) is 1.49. The molecule has 6 heteroatoms. The van der Waals surface area contributed by atoms with Gasteiger partial charge in [-0.25, -0.2) is 4.39 Å². The van der Waals surface area contributed by atoms with E-state index in [2.05, 4.69) is 5.32 Å². The summed E-state index contributed by atoms with van der Waals surface area (Å²) in [5.74, 6) is -0.560. The monoisotopic (exact) mass is 322 g/mol. The first-order valence-corrected chi connectivity index (χ1v) is 7.91. The molecule has 2 rings (SSSR count). The van der Waals surface area contributed by atoms with Gasteiger partial charge in [0.25, 0.3) is 0 Å². The molecule has 5 nitrogen and oxygen atoms in total. The standard InChI is InChI=1S/C17H23FN2O3/c1-11(10-21)12(2)19-16(22)7-8-20-15-5-4-14(18)9-13(15)3-6-17(20)23/h4-5,9,11-12,21H,3,6-8,10H2,1-2H3,(H,19,22). The van der Waals surface area contributed by atoms with Gasteiger partial charge >= 0.3 is 0 Å². The molecule has 1 aromatic carbocycles. The summed E-state index contributed by atoms with van der Waals surface area (Å²) in [4.78, 5) is 25.7. The molecule has 0 bridgehead atoms. The zero-order valence-corrected chi connectivity index (χ0v) is 13.5. The lowest BCUT2D eigenvalue weighted by atomic mass is 10.0. The van der Waals surface area contributed by atoms with Crippen LogP contribution in [0.3, 0.4) is 0 Å². The van der Waals surface area contributed by atoms with Gasteiger partial charge in [-0.15, -0.1) is 0 Å². The van der Waals surface area contributed by atoms with Crippen molar-refractivity contribution in [2.45, 2.75) is 39.2 Å². The molecule has 2 amide bonds. The summed E-state index contributed by atoms with van der Waals surface area (Å²) in [7, 11) is 0. The van der Waals surface area contributed by atoms with Gasteiger partial charge in [-0.3, -0.25) is 9.59 Å². The van der Waals surface area contributed by atoms with Gasteiger partial charge < -0.3 is 15.3 Å². The molecule has 23 heavy (non-hydrogen) atoms. The Kier molecular flexibility index (Phi) is 5.71. The third-order valence-corrected chi connectivity index (χ3v) is 4.33. The van der Waals surface area contributed by atoms with E-state index in [1.165, 1.54) is 12.1 Å². The summed E-state index contributed by atoms with van der Waals surface area (Å²) in [5, 5.41) is 11.9. The molecule has 1 heterocycles. The summed E-state index contributed by atoms with van der Waals surface area (Å²) in [6.07, 6.45) is 1.03. The number of carbonyl (C=O) groups excluding carboxylic acids is 2. The second kappa shape index (κ2) is 7.55. The predicted octanol–water partition coefficient (Wildman–Crippen LogP) is 1.63. The van der Waals surface area contributed by atoms with Crippen LogP contribution in [0.5, 0.6) is 0 Å². The Balaban J connectivity index is 1.98. The minimum absolute atomic E-state index is 0.00496. The molecule has 0 saturated heterocycles. The highest BCUT2D eigenvalue weighted by Gasteiger charge is 2.25. The predicted molar refractivity (Wildman–Crippen MR) is 85.5 cm³/mol. The van der Waals surface area contributed by atoms with Crippen LogP contribution in [0, 0.1) is 11.7 Å². The van der Waals surface area contributed by atoms with Gasteiger partial charge in [-0.2, -0.15) is 0 Å². The van der Waals surface area contributed by atoms with Gasteiger partial charge in [0.05, 0.1) is 0 Å². The maximum absolute atomic E-state index is 13.3. The average molecular weight is 322 g/mol. The Morgan fingerprint density at radius 2 is 2.13 bits per heavy atom. The molecule has 0 aliphatic carbocycles. The summed E-state index contributed by atoms with van der Waals surface area (Å²) < 4.78 is 13.3. The quantitative estimate of drug-likeness (QED) is 0.836. The van der Waals surface area contributed by atoms with Gasteiger partial charge in [-0.1, -0.05) is 6.92 Å². The summed E-state index contributed by atoms with van der Waals surface area (Å²) >= 11 is 0. The van der Waals surface area contributed by atoms with Crippen LogP contribution >= 0.6 is 0 Å². The number of aryl methyl sites for hydroxylation is 1. The minimum atomic E-state index is -0.317. The zero-order chi connectivity index (χ0) is 17.0. The molecule has 0 fully saturated rings. The molecule has 126 valence electrons. The third-order valence-electron chi connectivity index (χ3n) is 4.33. The van der Waals surface area contributed by atoms with Crippen molar-refractivity contribution in [2.24, 2.45) is 5.92 Å². The number of fused-ring (bicyclic) bond motifs is 1. The molecule has 0 aromatic heterocycles. The highest BCUT2D eigenvalue weighted by atomic mass is 19.1. The number of anilines is 1. The van der Waals surface area contributed by atoms with Gasteiger partial charge in [-0.05, 0) is 43.0 Å². The summed E-state index contributed by atoms with van der Waals surface area (Å²) in [6.45, 7) is 3.96. The second-order valence-corrected chi connectivity index (χ2v) is 6.08. The molecule has 2 atom stereocenters. The first-order valence-electron chi connectivity index (χ1n) is 7.91. The van der Waals surface area contributed by atoms with E-state index in [1.54, 1.807) is 11.0 Å². The van der Waals surface area contributed by atoms with Crippen molar-refractivity contribution in [1.29, 1.82) is 0 Å².